The zero-order valence-electron chi connectivity index (χ0n) is 22.0. The van der Waals surface area contributed by atoms with Crippen LogP contribution in [-0.2, 0) is 22.5 Å². The summed E-state index contributed by atoms with van der Waals surface area (Å²) in [6, 6.07) is 10.5. The maximum Gasteiger partial charge on any atom is 0.259 e. The number of hydrogen-bond donors (Lipinski definition) is 3. The van der Waals surface area contributed by atoms with Gasteiger partial charge in [0.15, 0.2) is 6.29 Å². The molecule has 1 aliphatic heterocycles. The second-order valence-electron chi connectivity index (χ2n) is 9.86. The van der Waals surface area contributed by atoms with Gasteiger partial charge in [-0.2, -0.15) is 0 Å². The van der Waals surface area contributed by atoms with Gasteiger partial charge in [0.1, 0.15) is 25.4 Å². The summed E-state index contributed by atoms with van der Waals surface area (Å²) in [5, 5.41) is 37.6. The first-order chi connectivity index (χ1) is 18.3. The second kappa shape index (κ2) is 12.7. The minimum absolute atomic E-state index is 0.00952. The van der Waals surface area contributed by atoms with Crippen LogP contribution in [0, 0.1) is 0 Å². The van der Waals surface area contributed by atoms with Crippen molar-refractivity contribution in [2.45, 2.75) is 63.4 Å². The van der Waals surface area contributed by atoms with Gasteiger partial charge >= 0.3 is 0 Å². The van der Waals surface area contributed by atoms with Crippen molar-refractivity contribution in [2.24, 2.45) is 0 Å². The summed E-state index contributed by atoms with van der Waals surface area (Å²) in [5.74, 6) is 0. The molecule has 38 heavy (non-hydrogen) atoms. The Morgan fingerprint density at radius 1 is 1.21 bits per heavy atom. The Morgan fingerprint density at radius 2 is 1.95 bits per heavy atom. The zero-order valence-corrected chi connectivity index (χ0v) is 22.0. The van der Waals surface area contributed by atoms with E-state index >= 15 is 0 Å². The number of likely N-dealkylation sites (N-methyl/N-ethyl adjacent to an activating group) is 1. The number of rotatable bonds is 11. The van der Waals surface area contributed by atoms with Crippen molar-refractivity contribution >= 4 is 0 Å². The van der Waals surface area contributed by atoms with Crippen molar-refractivity contribution in [1.29, 1.82) is 0 Å². The Hall–Kier alpha value is -2.96. The normalized spacial score (nSPS) is 21.5. The number of alkyl halides is 1. The molecule has 0 unspecified atom stereocenters. The van der Waals surface area contributed by atoms with Crippen LogP contribution in [0.5, 0.6) is 0 Å². The van der Waals surface area contributed by atoms with Gasteiger partial charge in [0.2, 0.25) is 6.20 Å². The van der Waals surface area contributed by atoms with E-state index in [-0.39, 0.29) is 18.8 Å². The number of aliphatic hydroxyl groups is 2. The predicted octanol–water partition coefficient (Wildman–Crippen LogP) is 2.22. The van der Waals surface area contributed by atoms with Crippen molar-refractivity contribution in [3.63, 3.8) is 0 Å². The van der Waals surface area contributed by atoms with Crippen LogP contribution in [0.15, 0.2) is 48.8 Å². The number of ether oxygens (including phenoxy) is 2. The molecule has 2 aromatic heterocycles. The molecule has 206 valence electrons. The average Bonchev–Trinajstić information content (AvgIpc) is 3.38. The first-order valence-corrected chi connectivity index (χ1v) is 12.8. The number of pyridine rings is 1. The quantitative estimate of drug-likeness (QED) is 0.255. The minimum Gasteiger partial charge on any atom is -0.385 e. The molecule has 1 saturated heterocycles. The first kappa shape index (κ1) is 28.1. The van der Waals surface area contributed by atoms with Crippen molar-refractivity contribution in [1.82, 2.24) is 19.9 Å². The topological polar surface area (TPSA) is 117 Å². The number of hydrogen-bond acceptors (Lipinski definition) is 8. The number of methoxy groups -OCH3 is 1. The standard InChI is InChI=1S/C27H37FN5O5/c1-18-12-24(13-26(35)38-18)31(2)11-10-22-16-32(30-29-22)25(14-28)27(37-3)20-6-4-19(5-7-20)21-8-9-23(17-34)33(36)15-21/h4-9,15-16,18,24-27,34-36H,10-14,17H2,1-3H3/q+1/t18-,24+,25-,26-,27-/m1/s1. The van der Waals surface area contributed by atoms with E-state index in [0.29, 0.717) is 18.5 Å². The van der Waals surface area contributed by atoms with Gasteiger partial charge in [-0.25, -0.2) is 9.07 Å². The van der Waals surface area contributed by atoms with E-state index in [1.54, 1.807) is 19.4 Å². The highest BCUT2D eigenvalue weighted by molar-refractivity contribution is 5.62. The molecule has 0 amide bonds. The van der Waals surface area contributed by atoms with Gasteiger partial charge in [0, 0.05) is 49.5 Å². The summed E-state index contributed by atoms with van der Waals surface area (Å²) in [5.41, 5.74) is 3.54. The fourth-order valence-corrected chi connectivity index (χ4v) is 5.00. The lowest BCUT2D eigenvalue weighted by molar-refractivity contribution is -0.910. The lowest BCUT2D eigenvalue weighted by Gasteiger charge is -2.36. The van der Waals surface area contributed by atoms with Gasteiger partial charge in [0.05, 0.1) is 17.4 Å². The molecule has 0 radical (unpaired) electrons. The van der Waals surface area contributed by atoms with Crippen LogP contribution in [0.3, 0.4) is 0 Å². The molecule has 11 heteroatoms. The van der Waals surface area contributed by atoms with Crippen LogP contribution in [0.25, 0.3) is 11.1 Å². The summed E-state index contributed by atoms with van der Waals surface area (Å²) in [7, 11) is 3.56. The molecule has 0 saturated carbocycles. The number of benzene rings is 1. The summed E-state index contributed by atoms with van der Waals surface area (Å²) >= 11 is 0. The summed E-state index contributed by atoms with van der Waals surface area (Å²) in [6.45, 7) is 1.74. The zero-order chi connectivity index (χ0) is 27.2. The number of aromatic nitrogens is 4. The highest BCUT2D eigenvalue weighted by atomic mass is 19.1. The second-order valence-corrected chi connectivity index (χ2v) is 9.86. The Balaban J connectivity index is 1.42. The molecule has 3 aromatic rings. The van der Waals surface area contributed by atoms with Crippen LogP contribution in [0.4, 0.5) is 4.39 Å². The average molecular weight is 531 g/mol. The molecule has 3 N–H and O–H groups in total. The van der Waals surface area contributed by atoms with Crippen LogP contribution < -0.4 is 4.73 Å². The van der Waals surface area contributed by atoms with Gasteiger partial charge < -0.3 is 24.6 Å². The number of aliphatic hydroxyl groups excluding tert-OH is 2. The van der Waals surface area contributed by atoms with E-state index in [0.717, 1.165) is 40.1 Å². The smallest absolute Gasteiger partial charge is 0.259 e. The lowest BCUT2D eigenvalue weighted by Crippen LogP contribution is -2.43. The summed E-state index contributed by atoms with van der Waals surface area (Å²) in [4.78, 5) is 2.20. The number of nitrogens with zero attached hydrogens (tertiary/aromatic N) is 5. The van der Waals surface area contributed by atoms with E-state index in [4.69, 9.17) is 9.47 Å². The van der Waals surface area contributed by atoms with Gasteiger partial charge in [0.25, 0.3) is 5.69 Å². The third-order valence-corrected chi connectivity index (χ3v) is 7.22. The van der Waals surface area contributed by atoms with Crippen LogP contribution in [0.2, 0.25) is 0 Å². The third-order valence-electron chi connectivity index (χ3n) is 7.22. The van der Waals surface area contributed by atoms with E-state index < -0.39 is 25.1 Å². The molecule has 0 spiro atoms. The SMILES string of the molecule is CO[C@H](c1ccc(-c2ccc(CO)[n+](O)c2)cc1)[C@@H](CF)n1cc(CCN(C)[C@H]2C[C@@H](C)O[C@@H](O)C2)nn1. The van der Waals surface area contributed by atoms with Crippen LogP contribution in [-0.4, -0.2) is 81.1 Å². The summed E-state index contributed by atoms with van der Waals surface area (Å²) in [6.07, 6.45) is 4.04. The molecule has 1 fully saturated rings. The highest BCUT2D eigenvalue weighted by Gasteiger charge is 2.29. The lowest BCUT2D eigenvalue weighted by atomic mass is 9.99. The minimum atomic E-state index is -0.740. The Labute approximate surface area is 221 Å². The van der Waals surface area contributed by atoms with E-state index in [2.05, 4.69) is 15.2 Å². The monoisotopic (exact) mass is 530 g/mol. The molecular formula is C27H37FN5O5+. The Morgan fingerprint density at radius 3 is 2.58 bits per heavy atom. The molecule has 0 bridgehead atoms. The molecular weight excluding hydrogens is 493 g/mol. The number of halogens is 1. The summed E-state index contributed by atoms with van der Waals surface area (Å²) < 4.78 is 27.8. The van der Waals surface area contributed by atoms with E-state index in [9.17, 15) is 19.8 Å². The molecule has 1 aromatic carbocycles. The Kier molecular flexibility index (Phi) is 9.40. The first-order valence-electron chi connectivity index (χ1n) is 12.8. The maximum atomic E-state index is 14.3. The van der Waals surface area contributed by atoms with Crippen molar-refractivity contribution < 1.29 is 34.0 Å². The fourth-order valence-electron chi connectivity index (χ4n) is 5.00. The van der Waals surface area contributed by atoms with Crippen LogP contribution in [0.1, 0.15) is 48.9 Å². The van der Waals surface area contributed by atoms with Crippen molar-refractivity contribution in [3.05, 3.63) is 65.7 Å². The third kappa shape index (κ3) is 6.54. The maximum absolute atomic E-state index is 14.3. The Bertz CT molecular complexity index is 1170. The van der Waals surface area contributed by atoms with Crippen molar-refractivity contribution in [2.75, 3.05) is 27.4 Å². The van der Waals surface area contributed by atoms with Crippen molar-refractivity contribution in [3.8, 4) is 11.1 Å². The molecule has 3 heterocycles. The molecule has 5 atom stereocenters. The molecule has 10 nitrogen and oxygen atoms in total. The van der Waals surface area contributed by atoms with Crippen LogP contribution >= 0.6 is 0 Å². The van der Waals surface area contributed by atoms with Gasteiger partial charge in [-0.05, 0) is 37.6 Å². The van der Waals surface area contributed by atoms with Gasteiger partial charge in [-0.3, -0.25) is 5.21 Å². The van der Waals surface area contributed by atoms with E-state index in [1.165, 1.54) is 10.9 Å². The highest BCUT2D eigenvalue weighted by Crippen LogP contribution is 2.31. The molecule has 0 aliphatic carbocycles. The van der Waals surface area contributed by atoms with Gasteiger partial charge in [-0.1, -0.05) is 29.5 Å². The molecule has 1 aliphatic rings. The largest absolute Gasteiger partial charge is 0.385 e. The van der Waals surface area contributed by atoms with E-state index in [1.807, 2.05) is 44.3 Å². The molecule has 4 rings (SSSR count). The fraction of sp³-hybridized carbons (Fsp3) is 0.519. The predicted molar refractivity (Wildman–Crippen MR) is 136 cm³/mol. The van der Waals surface area contributed by atoms with Gasteiger partial charge in [-0.15, -0.1) is 5.10 Å².